The Labute approximate surface area is 86.7 Å². The second-order valence-corrected chi connectivity index (χ2v) is 4.24. The van der Waals surface area contributed by atoms with Crippen LogP contribution in [0.3, 0.4) is 0 Å². The van der Waals surface area contributed by atoms with Gasteiger partial charge in [0, 0.05) is 0 Å². The standard InChI is InChI=1S/C14H18/c1-4-11-9-14(13-6-7-13)12(5-2)8-10(11)3/h5,8-9,13H,2,4,6-7H2,1,3H3. The summed E-state index contributed by atoms with van der Waals surface area (Å²) in [4.78, 5) is 0. The highest BCUT2D eigenvalue weighted by molar-refractivity contribution is 5.57. The Kier molecular flexibility index (Phi) is 2.45. The molecule has 1 aromatic rings. The van der Waals surface area contributed by atoms with Crippen LogP contribution in [0.2, 0.25) is 0 Å². The van der Waals surface area contributed by atoms with Crippen molar-refractivity contribution in [2.75, 3.05) is 0 Å². The molecule has 0 spiro atoms. The van der Waals surface area contributed by atoms with Crippen molar-refractivity contribution in [2.24, 2.45) is 0 Å². The maximum atomic E-state index is 3.90. The van der Waals surface area contributed by atoms with Crippen LogP contribution in [0.15, 0.2) is 18.7 Å². The number of rotatable bonds is 3. The van der Waals surface area contributed by atoms with Gasteiger partial charge in [0.15, 0.2) is 0 Å². The third-order valence-corrected chi connectivity index (χ3v) is 3.16. The molecule has 0 atom stereocenters. The van der Waals surface area contributed by atoms with Gasteiger partial charge in [-0.1, -0.05) is 31.7 Å². The monoisotopic (exact) mass is 186 g/mol. The predicted molar refractivity (Wildman–Crippen MR) is 62.6 cm³/mol. The molecule has 0 aliphatic heterocycles. The highest BCUT2D eigenvalue weighted by Crippen LogP contribution is 2.42. The second kappa shape index (κ2) is 3.61. The minimum absolute atomic E-state index is 0.828. The Bertz CT molecular complexity index is 357. The lowest BCUT2D eigenvalue weighted by atomic mass is 9.95. The Morgan fingerprint density at radius 3 is 2.64 bits per heavy atom. The fraction of sp³-hybridized carbons (Fsp3) is 0.429. The van der Waals surface area contributed by atoms with Crippen molar-refractivity contribution < 1.29 is 0 Å². The average Bonchev–Trinajstić information content (AvgIpc) is 3.01. The molecule has 0 unspecified atom stereocenters. The molecule has 0 nitrogen and oxygen atoms in total. The van der Waals surface area contributed by atoms with E-state index in [0.29, 0.717) is 0 Å². The molecule has 0 amide bonds. The van der Waals surface area contributed by atoms with Crippen LogP contribution in [0.1, 0.15) is 47.9 Å². The van der Waals surface area contributed by atoms with E-state index >= 15 is 0 Å². The maximum Gasteiger partial charge on any atom is -0.0155 e. The largest absolute Gasteiger partial charge is 0.0985 e. The number of hydrogen-bond acceptors (Lipinski definition) is 0. The van der Waals surface area contributed by atoms with Gasteiger partial charge in [0.1, 0.15) is 0 Å². The Morgan fingerprint density at radius 1 is 1.43 bits per heavy atom. The van der Waals surface area contributed by atoms with Crippen molar-refractivity contribution in [1.82, 2.24) is 0 Å². The van der Waals surface area contributed by atoms with E-state index in [2.05, 4.69) is 32.6 Å². The summed E-state index contributed by atoms with van der Waals surface area (Å²) in [6.07, 6.45) is 5.88. The van der Waals surface area contributed by atoms with Crippen molar-refractivity contribution in [1.29, 1.82) is 0 Å². The average molecular weight is 186 g/mol. The zero-order valence-corrected chi connectivity index (χ0v) is 9.14. The van der Waals surface area contributed by atoms with Gasteiger partial charge >= 0.3 is 0 Å². The molecule has 1 fully saturated rings. The molecule has 0 heteroatoms. The summed E-state index contributed by atoms with van der Waals surface area (Å²) < 4.78 is 0. The zero-order valence-electron chi connectivity index (χ0n) is 9.14. The Morgan fingerprint density at radius 2 is 2.14 bits per heavy atom. The van der Waals surface area contributed by atoms with E-state index in [0.717, 1.165) is 12.3 Å². The molecule has 14 heavy (non-hydrogen) atoms. The van der Waals surface area contributed by atoms with Gasteiger partial charge in [-0.25, -0.2) is 0 Å². The Hall–Kier alpha value is -1.04. The van der Waals surface area contributed by atoms with E-state index in [-0.39, 0.29) is 0 Å². The normalized spacial score (nSPS) is 15.6. The molecule has 0 radical (unpaired) electrons. The van der Waals surface area contributed by atoms with E-state index in [1.807, 2.05) is 6.08 Å². The van der Waals surface area contributed by atoms with Crippen LogP contribution >= 0.6 is 0 Å². The molecule has 1 aliphatic carbocycles. The van der Waals surface area contributed by atoms with Gasteiger partial charge in [-0.15, -0.1) is 0 Å². The molecule has 0 N–H and O–H groups in total. The fourth-order valence-corrected chi connectivity index (χ4v) is 2.10. The molecule has 1 aliphatic rings. The van der Waals surface area contributed by atoms with Crippen LogP contribution in [0.5, 0.6) is 0 Å². The van der Waals surface area contributed by atoms with E-state index in [1.54, 1.807) is 0 Å². The van der Waals surface area contributed by atoms with Crippen molar-refractivity contribution in [3.05, 3.63) is 41.0 Å². The molecule has 2 rings (SSSR count). The summed E-state index contributed by atoms with van der Waals surface area (Å²) in [7, 11) is 0. The predicted octanol–water partition coefficient (Wildman–Crippen LogP) is 4.08. The summed E-state index contributed by atoms with van der Waals surface area (Å²) in [6.45, 7) is 8.32. The van der Waals surface area contributed by atoms with Gasteiger partial charge in [-0.3, -0.25) is 0 Å². The molecule has 0 bridgehead atoms. The molecule has 1 aromatic carbocycles. The molecular formula is C14H18. The third kappa shape index (κ3) is 1.61. The first-order valence-corrected chi connectivity index (χ1v) is 5.52. The van der Waals surface area contributed by atoms with Gasteiger partial charge in [0.05, 0.1) is 0 Å². The lowest BCUT2D eigenvalue weighted by molar-refractivity contribution is 1.06. The lowest BCUT2D eigenvalue weighted by Gasteiger charge is -2.10. The summed E-state index contributed by atoms with van der Waals surface area (Å²) in [5.74, 6) is 0.828. The van der Waals surface area contributed by atoms with Gasteiger partial charge in [-0.05, 0) is 54.4 Å². The summed E-state index contributed by atoms with van der Waals surface area (Å²) >= 11 is 0. The number of aryl methyl sites for hydroxylation is 2. The minimum Gasteiger partial charge on any atom is -0.0985 e. The highest BCUT2D eigenvalue weighted by Gasteiger charge is 2.25. The summed E-state index contributed by atoms with van der Waals surface area (Å²) in [5.41, 5.74) is 5.79. The minimum atomic E-state index is 0.828. The van der Waals surface area contributed by atoms with Gasteiger partial charge in [-0.2, -0.15) is 0 Å². The van der Waals surface area contributed by atoms with E-state index in [9.17, 15) is 0 Å². The molecule has 0 saturated heterocycles. The van der Waals surface area contributed by atoms with Crippen LogP contribution in [0.25, 0.3) is 6.08 Å². The van der Waals surface area contributed by atoms with Gasteiger partial charge < -0.3 is 0 Å². The first kappa shape index (κ1) is 9.51. The summed E-state index contributed by atoms with van der Waals surface area (Å²) in [5, 5.41) is 0. The number of hydrogen-bond donors (Lipinski definition) is 0. The van der Waals surface area contributed by atoms with E-state index in [1.165, 1.54) is 35.1 Å². The first-order valence-electron chi connectivity index (χ1n) is 5.52. The van der Waals surface area contributed by atoms with Gasteiger partial charge in [0.2, 0.25) is 0 Å². The molecule has 0 aromatic heterocycles. The van der Waals surface area contributed by atoms with Crippen LogP contribution < -0.4 is 0 Å². The zero-order chi connectivity index (χ0) is 10.1. The van der Waals surface area contributed by atoms with E-state index < -0.39 is 0 Å². The molecular weight excluding hydrogens is 168 g/mol. The van der Waals surface area contributed by atoms with Crippen molar-refractivity contribution in [2.45, 2.75) is 39.0 Å². The molecule has 1 saturated carbocycles. The topological polar surface area (TPSA) is 0 Å². The van der Waals surface area contributed by atoms with E-state index in [4.69, 9.17) is 0 Å². The Balaban J connectivity index is 2.49. The van der Waals surface area contributed by atoms with Crippen LogP contribution in [0.4, 0.5) is 0 Å². The van der Waals surface area contributed by atoms with Crippen LogP contribution in [-0.4, -0.2) is 0 Å². The maximum absolute atomic E-state index is 3.90. The van der Waals surface area contributed by atoms with Crippen molar-refractivity contribution >= 4 is 6.08 Å². The highest BCUT2D eigenvalue weighted by atomic mass is 14.3. The molecule has 74 valence electrons. The second-order valence-electron chi connectivity index (χ2n) is 4.24. The van der Waals surface area contributed by atoms with Crippen LogP contribution in [-0.2, 0) is 6.42 Å². The van der Waals surface area contributed by atoms with Crippen molar-refractivity contribution in [3.63, 3.8) is 0 Å². The quantitative estimate of drug-likeness (QED) is 0.667. The smallest absolute Gasteiger partial charge is 0.0155 e. The van der Waals surface area contributed by atoms with Gasteiger partial charge in [0.25, 0.3) is 0 Å². The third-order valence-electron chi connectivity index (χ3n) is 3.16. The fourth-order valence-electron chi connectivity index (χ4n) is 2.10. The SMILES string of the molecule is C=Cc1cc(C)c(CC)cc1C1CC1. The molecule has 0 heterocycles. The van der Waals surface area contributed by atoms with Crippen molar-refractivity contribution in [3.8, 4) is 0 Å². The lowest BCUT2D eigenvalue weighted by Crippen LogP contribution is -1.93. The summed E-state index contributed by atoms with van der Waals surface area (Å²) in [6, 6.07) is 4.68. The van der Waals surface area contributed by atoms with Crippen LogP contribution in [0, 0.1) is 6.92 Å². The number of benzene rings is 1. The first-order chi connectivity index (χ1) is 6.76.